The summed E-state index contributed by atoms with van der Waals surface area (Å²) < 4.78 is 35.1. The van der Waals surface area contributed by atoms with Gasteiger partial charge in [-0.25, -0.2) is 0 Å². The fraction of sp³-hybridized carbons (Fsp3) is 0.529. The third kappa shape index (κ3) is 12.8. The van der Waals surface area contributed by atoms with E-state index in [4.69, 9.17) is 28.4 Å². The fourth-order valence-corrected chi connectivity index (χ4v) is 7.83. The fourth-order valence-electron chi connectivity index (χ4n) is 7.83. The number of ether oxygens (including phenoxy) is 6. The molecule has 0 saturated carbocycles. The van der Waals surface area contributed by atoms with Crippen LogP contribution in [0.4, 0.5) is 0 Å². The number of hydrogen-bond donors (Lipinski definition) is 0. The van der Waals surface area contributed by atoms with Crippen molar-refractivity contribution in [3.8, 4) is 50.6 Å². The van der Waals surface area contributed by atoms with Crippen LogP contribution in [0.3, 0.4) is 0 Å². The zero-order chi connectivity index (χ0) is 39.2. The number of unbranched alkanes of at least 4 members (excludes halogenated alkanes) is 9. The number of epoxide rings is 3. The van der Waals surface area contributed by atoms with E-state index in [-0.39, 0.29) is 18.3 Å². The molecule has 7 rings (SSSR count). The summed E-state index contributed by atoms with van der Waals surface area (Å²) >= 11 is 0. The molecule has 306 valence electrons. The Kier molecular flexibility index (Phi) is 15.4. The molecule has 3 saturated heterocycles. The molecule has 3 aliphatic rings. The lowest BCUT2D eigenvalue weighted by Crippen LogP contribution is -2.05. The van der Waals surface area contributed by atoms with Crippen LogP contribution in [-0.4, -0.2) is 58.0 Å². The Hall–Kier alpha value is -3.84. The minimum absolute atomic E-state index is 0.224. The second-order valence-electron chi connectivity index (χ2n) is 16.5. The molecule has 3 aliphatic heterocycles. The maximum absolute atomic E-state index is 6.25. The Morgan fingerprint density at radius 2 is 0.702 bits per heavy atom. The second kappa shape index (κ2) is 21.2. The summed E-state index contributed by atoms with van der Waals surface area (Å²) in [4.78, 5) is 0. The molecule has 6 heteroatoms. The van der Waals surface area contributed by atoms with Crippen molar-refractivity contribution >= 4 is 0 Å². The largest absolute Gasteiger partial charge is 0.491 e. The van der Waals surface area contributed by atoms with Gasteiger partial charge in [-0.15, -0.1) is 0 Å². The van der Waals surface area contributed by atoms with Crippen LogP contribution in [0, 0.1) is 0 Å². The van der Waals surface area contributed by atoms with E-state index < -0.39 is 0 Å². The third-order valence-corrected chi connectivity index (χ3v) is 11.5. The average Bonchev–Trinajstić information content (AvgIpc) is 4.08. The Balaban J connectivity index is 1.31. The predicted octanol–water partition coefficient (Wildman–Crippen LogP) is 12.4. The third-order valence-electron chi connectivity index (χ3n) is 11.5. The molecule has 57 heavy (non-hydrogen) atoms. The van der Waals surface area contributed by atoms with Gasteiger partial charge in [-0.3, -0.25) is 0 Å². The second-order valence-corrected chi connectivity index (χ2v) is 16.5. The molecule has 6 nitrogen and oxygen atoms in total. The SMILES string of the molecule is CCCCCCc1cc(OCC2CO2)ccc1-c1cc(-c2ccc(OCC3CO3)cc2CCCCCC)cc(-c2ccc(OCC3CO3)cc2CCCCCC)c1. The highest BCUT2D eigenvalue weighted by Gasteiger charge is 2.25. The highest BCUT2D eigenvalue weighted by Crippen LogP contribution is 2.40. The van der Waals surface area contributed by atoms with Gasteiger partial charge in [0, 0.05) is 0 Å². The molecule has 4 aromatic rings. The maximum atomic E-state index is 6.25. The Bertz CT molecular complexity index is 1630. The smallest absolute Gasteiger partial charge is 0.119 e. The molecule has 0 spiro atoms. The molecule has 3 fully saturated rings. The van der Waals surface area contributed by atoms with Crippen molar-refractivity contribution in [1.82, 2.24) is 0 Å². The molecule has 0 aliphatic carbocycles. The van der Waals surface area contributed by atoms with Crippen molar-refractivity contribution in [3.63, 3.8) is 0 Å². The van der Waals surface area contributed by atoms with Gasteiger partial charge >= 0.3 is 0 Å². The number of hydrogen-bond acceptors (Lipinski definition) is 6. The topological polar surface area (TPSA) is 65.3 Å². The van der Waals surface area contributed by atoms with Gasteiger partial charge in [-0.1, -0.05) is 96.8 Å². The number of benzene rings is 4. The molecule has 0 amide bonds. The zero-order valence-corrected chi connectivity index (χ0v) is 35.0. The van der Waals surface area contributed by atoms with Crippen molar-refractivity contribution in [2.24, 2.45) is 0 Å². The van der Waals surface area contributed by atoms with E-state index in [1.54, 1.807) is 0 Å². The Labute approximate surface area is 342 Å². The van der Waals surface area contributed by atoms with E-state index in [2.05, 4.69) is 93.6 Å². The van der Waals surface area contributed by atoms with Gasteiger partial charge in [0.15, 0.2) is 0 Å². The highest BCUT2D eigenvalue weighted by atomic mass is 16.6. The van der Waals surface area contributed by atoms with E-state index in [1.807, 2.05) is 0 Å². The Morgan fingerprint density at radius 3 is 0.965 bits per heavy atom. The molecule has 3 unspecified atom stereocenters. The van der Waals surface area contributed by atoms with Crippen molar-refractivity contribution in [2.45, 2.75) is 135 Å². The first-order valence-electron chi connectivity index (χ1n) is 22.4. The van der Waals surface area contributed by atoms with Gasteiger partial charge < -0.3 is 28.4 Å². The summed E-state index contributed by atoms with van der Waals surface area (Å²) in [5, 5.41) is 0. The number of rotatable bonds is 27. The number of aryl methyl sites for hydroxylation is 3. The molecule has 3 atom stereocenters. The molecule has 0 aromatic heterocycles. The van der Waals surface area contributed by atoms with Crippen LogP contribution in [-0.2, 0) is 33.5 Å². The standard InChI is InChI=1S/C51H66O6/c1-4-7-10-13-16-37-28-43(52-31-46-34-55-46)19-22-49(37)40-25-41(50-23-20-44(53-32-47-35-56-47)29-38(50)17-14-11-8-5-2)27-42(26-40)51-24-21-45(54-33-48-36-57-48)30-39(51)18-15-12-9-6-3/h19-30,46-48H,4-18,31-36H2,1-3H3. The summed E-state index contributed by atoms with van der Waals surface area (Å²) in [6, 6.07) is 27.5. The van der Waals surface area contributed by atoms with E-state index in [1.165, 1.54) is 108 Å². The van der Waals surface area contributed by atoms with Crippen molar-refractivity contribution in [2.75, 3.05) is 39.6 Å². The lowest BCUT2D eigenvalue weighted by atomic mass is 9.86. The van der Waals surface area contributed by atoms with Gasteiger partial charge in [-0.2, -0.15) is 0 Å². The van der Waals surface area contributed by atoms with Gasteiger partial charge in [0.1, 0.15) is 55.4 Å². The summed E-state index contributed by atoms with van der Waals surface area (Å²) in [6.07, 6.45) is 18.3. The van der Waals surface area contributed by atoms with Gasteiger partial charge in [0.25, 0.3) is 0 Å². The summed E-state index contributed by atoms with van der Waals surface area (Å²) in [6.45, 7) is 11.1. The normalized spacial score (nSPS) is 18.1. The van der Waals surface area contributed by atoms with E-state index in [0.29, 0.717) is 19.8 Å². The van der Waals surface area contributed by atoms with Crippen LogP contribution in [0.15, 0.2) is 72.8 Å². The van der Waals surface area contributed by atoms with Crippen molar-refractivity contribution < 1.29 is 28.4 Å². The lowest BCUT2D eigenvalue weighted by molar-refractivity contribution is 0.263. The zero-order valence-electron chi connectivity index (χ0n) is 35.0. The molecule has 3 heterocycles. The summed E-state index contributed by atoms with van der Waals surface area (Å²) in [5.41, 5.74) is 11.6. The van der Waals surface area contributed by atoms with Crippen LogP contribution in [0.25, 0.3) is 33.4 Å². The van der Waals surface area contributed by atoms with Crippen LogP contribution in [0.5, 0.6) is 17.2 Å². The predicted molar refractivity (Wildman–Crippen MR) is 232 cm³/mol. The summed E-state index contributed by atoms with van der Waals surface area (Å²) in [7, 11) is 0. The van der Waals surface area contributed by atoms with Crippen molar-refractivity contribution in [3.05, 3.63) is 89.5 Å². The molecule has 0 bridgehead atoms. The first-order valence-corrected chi connectivity index (χ1v) is 22.4. The van der Waals surface area contributed by atoms with Gasteiger partial charge in [0.05, 0.1) is 19.8 Å². The quantitative estimate of drug-likeness (QED) is 0.0444. The average molecular weight is 775 g/mol. The minimum atomic E-state index is 0.224. The lowest BCUT2D eigenvalue weighted by Gasteiger charge is -2.19. The monoisotopic (exact) mass is 774 g/mol. The summed E-state index contributed by atoms with van der Waals surface area (Å²) in [5.74, 6) is 2.79. The molecular weight excluding hydrogens is 709 g/mol. The first-order chi connectivity index (χ1) is 28.1. The van der Waals surface area contributed by atoms with E-state index in [0.717, 1.165) is 75.6 Å². The molecule has 0 radical (unpaired) electrons. The van der Waals surface area contributed by atoms with Gasteiger partial charge in [-0.05, 0) is 143 Å². The van der Waals surface area contributed by atoms with E-state index >= 15 is 0 Å². The van der Waals surface area contributed by atoms with E-state index in [9.17, 15) is 0 Å². The maximum Gasteiger partial charge on any atom is 0.119 e. The highest BCUT2D eigenvalue weighted by molar-refractivity contribution is 5.84. The van der Waals surface area contributed by atoms with Crippen LogP contribution in [0.2, 0.25) is 0 Å². The van der Waals surface area contributed by atoms with Crippen LogP contribution in [0.1, 0.15) is 115 Å². The first kappa shape index (κ1) is 41.3. The van der Waals surface area contributed by atoms with Crippen LogP contribution < -0.4 is 14.2 Å². The van der Waals surface area contributed by atoms with Crippen molar-refractivity contribution in [1.29, 1.82) is 0 Å². The van der Waals surface area contributed by atoms with Crippen LogP contribution >= 0.6 is 0 Å². The molecule has 4 aromatic carbocycles. The molecule has 0 N–H and O–H groups in total. The van der Waals surface area contributed by atoms with Gasteiger partial charge in [0.2, 0.25) is 0 Å². The minimum Gasteiger partial charge on any atom is -0.491 e. The Morgan fingerprint density at radius 1 is 0.404 bits per heavy atom. The molecular formula is C51H66O6.